The molecule has 1 spiro atoms. The lowest BCUT2D eigenvalue weighted by Crippen LogP contribution is -2.44. The number of hydrogen-bond donors (Lipinski definition) is 1. The zero-order chi connectivity index (χ0) is 21.7. The third-order valence-corrected chi connectivity index (χ3v) is 9.47. The van der Waals surface area contributed by atoms with Crippen LogP contribution in [0.5, 0.6) is 0 Å². The molecule has 3 aliphatic rings. The minimum absolute atomic E-state index is 0.164. The lowest BCUT2D eigenvalue weighted by Gasteiger charge is -2.50. The van der Waals surface area contributed by atoms with Crippen molar-refractivity contribution in [3.63, 3.8) is 0 Å². The van der Waals surface area contributed by atoms with Gasteiger partial charge in [-0.25, -0.2) is 0 Å². The van der Waals surface area contributed by atoms with E-state index in [9.17, 15) is 0 Å². The van der Waals surface area contributed by atoms with E-state index in [1.165, 1.54) is 75.8 Å². The summed E-state index contributed by atoms with van der Waals surface area (Å²) in [6, 6.07) is 27.7. The van der Waals surface area contributed by atoms with Gasteiger partial charge in [-0.2, -0.15) is 0 Å². The van der Waals surface area contributed by atoms with Crippen LogP contribution in [0.3, 0.4) is 0 Å². The smallest absolute Gasteiger partial charge is 0.0512 e. The van der Waals surface area contributed by atoms with Crippen molar-refractivity contribution in [3.8, 4) is 11.1 Å². The van der Waals surface area contributed by atoms with E-state index >= 15 is 0 Å². The summed E-state index contributed by atoms with van der Waals surface area (Å²) in [4.78, 5) is 3.96. The first-order valence-electron chi connectivity index (χ1n) is 12.8. The second-order valence-corrected chi connectivity index (χ2v) is 11.2. The predicted molar refractivity (Wildman–Crippen MR) is 139 cm³/mol. The molecule has 8 rings (SSSR count). The molecule has 1 N–H and O–H groups in total. The van der Waals surface area contributed by atoms with E-state index in [0.29, 0.717) is 0 Å². The monoisotopic (exact) mass is 427 g/mol. The summed E-state index contributed by atoms with van der Waals surface area (Å²) < 4.78 is 0. The SMILES string of the molecule is CC1CC2CCC3(c4ccccc4-c4ccc5c([nH]c6cc7ccccc7cc65)c43)C(C1)C2. The maximum atomic E-state index is 3.96. The Hall–Kier alpha value is -3.06. The van der Waals surface area contributed by atoms with Gasteiger partial charge in [-0.05, 0) is 95.0 Å². The fraction of sp³-hybridized carbons (Fsp3) is 0.312. The van der Waals surface area contributed by atoms with Gasteiger partial charge >= 0.3 is 0 Å². The number of benzene rings is 4. The summed E-state index contributed by atoms with van der Waals surface area (Å²) in [5.74, 6) is 2.51. The van der Waals surface area contributed by atoms with E-state index in [0.717, 1.165) is 17.8 Å². The molecular formula is C32H29N. The Balaban J connectivity index is 1.48. The van der Waals surface area contributed by atoms with Crippen molar-refractivity contribution in [1.29, 1.82) is 0 Å². The van der Waals surface area contributed by atoms with Crippen molar-refractivity contribution in [2.45, 2.75) is 44.4 Å². The van der Waals surface area contributed by atoms with E-state index in [-0.39, 0.29) is 5.41 Å². The summed E-state index contributed by atoms with van der Waals surface area (Å²) >= 11 is 0. The van der Waals surface area contributed by atoms with Crippen molar-refractivity contribution in [2.24, 2.45) is 17.8 Å². The van der Waals surface area contributed by atoms with Crippen molar-refractivity contribution < 1.29 is 0 Å². The van der Waals surface area contributed by atoms with Gasteiger partial charge in [-0.1, -0.05) is 67.6 Å². The summed E-state index contributed by atoms with van der Waals surface area (Å²) in [6.45, 7) is 2.50. The Morgan fingerprint density at radius 1 is 0.788 bits per heavy atom. The summed E-state index contributed by atoms with van der Waals surface area (Å²) in [7, 11) is 0. The molecule has 2 fully saturated rings. The van der Waals surface area contributed by atoms with Gasteiger partial charge in [0.15, 0.2) is 0 Å². The standard InChI is InChI=1S/C32H29N/c1-19-14-20-12-13-32(23(15-19)16-20)28-9-5-4-8-24(28)25-10-11-26-27-17-21-6-2-3-7-22(21)18-29(27)33-31(26)30(25)32/h2-11,17-20,23,33H,12-16H2,1H3. The molecule has 5 aromatic rings. The first-order valence-corrected chi connectivity index (χ1v) is 12.8. The van der Waals surface area contributed by atoms with Crippen LogP contribution in [0.25, 0.3) is 43.7 Å². The Labute approximate surface area is 194 Å². The van der Waals surface area contributed by atoms with Crippen LogP contribution in [0.4, 0.5) is 0 Å². The lowest BCUT2D eigenvalue weighted by atomic mass is 9.53. The van der Waals surface area contributed by atoms with Gasteiger partial charge in [0.05, 0.1) is 5.52 Å². The molecule has 4 atom stereocenters. The molecule has 0 saturated heterocycles. The van der Waals surface area contributed by atoms with E-state index in [1.54, 1.807) is 11.1 Å². The second kappa shape index (κ2) is 6.29. The molecule has 0 radical (unpaired) electrons. The van der Waals surface area contributed by atoms with Gasteiger partial charge in [0.25, 0.3) is 0 Å². The number of aromatic nitrogens is 1. The van der Waals surface area contributed by atoms with Crippen LogP contribution in [0.2, 0.25) is 0 Å². The van der Waals surface area contributed by atoms with Crippen LogP contribution >= 0.6 is 0 Å². The molecule has 3 aliphatic carbocycles. The van der Waals surface area contributed by atoms with Crippen molar-refractivity contribution >= 4 is 32.6 Å². The quantitative estimate of drug-likeness (QED) is 0.255. The maximum Gasteiger partial charge on any atom is 0.0512 e. The highest BCUT2D eigenvalue weighted by Crippen LogP contribution is 2.63. The summed E-state index contributed by atoms with van der Waals surface area (Å²) in [5.41, 5.74) is 9.00. The van der Waals surface area contributed by atoms with E-state index in [1.807, 2.05) is 0 Å². The van der Waals surface area contributed by atoms with Crippen LogP contribution < -0.4 is 0 Å². The lowest BCUT2D eigenvalue weighted by molar-refractivity contribution is 0.0862. The number of aromatic amines is 1. The largest absolute Gasteiger partial charge is 0.354 e. The topological polar surface area (TPSA) is 15.8 Å². The molecule has 4 unspecified atom stereocenters. The highest BCUT2D eigenvalue weighted by atomic mass is 14.7. The number of rotatable bonds is 0. The van der Waals surface area contributed by atoms with E-state index in [2.05, 4.69) is 84.7 Å². The van der Waals surface area contributed by atoms with Crippen LogP contribution in [0.1, 0.15) is 50.2 Å². The van der Waals surface area contributed by atoms with Gasteiger partial charge in [0.1, 0.15) is 0 Å². The van der Waals surface area contributed by atoms with Crippen LogP contribution in [0.15, 0.2) is 72.8 Å². The average Bonchev–Trinajstić information content (AvgIpc) is 3.33. The van der Waals surface area contributed by atoms with Crippen LogP contribution in [-0.2, 0) is 5.41 Å². The Morgan fingerprint density at radius 3 is 2.52 bits per heavy atom. The molecule has 1 heteroatoms. The highest BCUT2D eigenvalue weighted by molar-refractivity contribution is 6.14. The fourth-order valence-corrected chi connectivity index (χ4v) is 8.29. The molecule has 0 amide bonds. The van der Waals surface area contributed by atoms with Gasteiger partial charge in [0, 0.05) is 21.7 Å². The normalized spacial score (nSPS) is 28.0. The molecule has 33 heavy (non-hydrogen) atoms. The maximum absolute atomic E-state index is 3.96. The van der Waals surface area contributed by atoms with Gasteiger partial charge in [-0.15, -0.1) is 0 Å². The first kappa shape index (κ1) is 18.4. The average molecular weight is 428 g/mol. The summed E-state index contributed by atoms with van der Waals surface area (Å²) in [6.07, 6.45) is 6.87. The molecule has 2 bridgehead atoms. The molecule has 2 saturated carbocycles. The third-order valence-electron chi connectivity index (χ3n) is 9.47. The highest BCUT2D eigenvalue weighted by Gasteiger charge is 2.53. The zero-order valence-electron chi connectivity index (χ0n) is 19.2. The zero-order valence-corrected chi connectivity index (χ0v) is 19.2. The molecule has 1 aromatic heterocycles. The van der Waals surface area contributed by atoms with Gasteiger partial charge < -0.3 is 4.98 Å². The number of fused-ring (bicyclic) bond motifs is 13. The summed E-state index contributed by atoms with van der Waals surface area (Å²) in [5, 5.41) is 5.40. The first-order chi connectivity index (χ1) is 16.2. The molecule has 0 aliphatic heterocycles. The van der Waals surface area contributed by atoms with Crippen molar-refractivity contribution in [3.05, 3.63) is 83.9 Å². The molecule has 4 aromatic carbocycles. The van der Waals surface area contributed by atoms with E-state index in [4.69, 9.17) is 0 Å². The fourth-order valence-electron chi connectivity index (χ4n) is 8.29. The van der Waals surface area contributed by atoms with Crippen LogP contribution in [-0.4, -0.2) is 4.98 Å². The number of nitrogens with one attached hydrogen (secondary N) is 1. The van der Waals surface area contributed by atoms with Crippen LogP contribution in [0, 0.1) is 17.8 Å². The number of hydrogen-bond acceptors (Lipinski definition) is 0. The Bertz CT molecular complexity index is 1590. The second-order valence-electron chi connectivity index (χ2n) is 11.2. The third kappa shape index (κ3) is 2.28. The minimum Gasteiger partial charge on any atom is -0.354 e. The Morgan fingerprint density at radius 2 is 1.61 bits per heavy atom. The Kier molecular flexibility index (Phi) is 3.50. The van der Waals surface area contributed by atoms with E-state index < -0.39 is 0 Å². The van der Waals surface area contributed by atoms with Gasteiger partial charge in [-0.3, -0.25) is 0 Å². The predicted octanol–water partition coefficient (Wildman–Crippen LogP) is 8.59. The minimum atomic E-state index is 0.164. The molecular weight excluding hydrogens is 398 g/mol. The molecule has 1 heterocycles. The van der Waals surface area contributed by atoms with Crippen molar-refractivity contribution in [1.82, 2.24) is 4.98 Å². The van der Waals surface area contributed by atoms with Gasteiger partial charge in [0.2, 0.25) is 0 Å². The molecule has 1 nitrogen and oxygen atoms in total. The number of H-pyrrole nitrogens is 1. The van der Waals surface area contributed by atoms with Crippen molar-refractivity contribution in [2.75, 3.05) is 0 Å². The molecule has 162 valence electrons.